The topological polar surface area (TPSA) is 51.8 Å². The lowest BCUT2D eigenvalue weighted by atomic mass is 10.1. The summed E-state index contributed by atoms with van der Waals surface area (Å²) in [5.41, 5.74) is 10.6. The van der Waals surface area contributed by atoms with Gasteiger partial charge in [-0.05, 0) is 43.4 Å². The van der Waals surface area contributed by atoms with E-state index in [1.807, 2.05) is 6.92 Å². The van der Waals surface area contributed by atoms with Crippen molar-refractivity contribution in [3.05, 3.63) is 41.1 Å². The lowest BCUT2D eigenvalue weighted by Crippen LogP contribution is -1.98. The predicted octanol–water partition coefficient (Wildman–Crippen LogP) is 2.52. The smallest absolute Gasteiger partial charge is 0.161 e. The molecule has 1 aliphatic carbocycles. The summed E-state index contributed by atoms with van der Waals surface area (Å²) in [5, 5.41) is 0. The van der Waals surface area contributed by atoms with Gasteiger partial charge < -0.3 is 5.73 Å². The number of nitrogens with zero attached hydrogens (tertiary/aromatic N) is 2. The van der Waals surface area contributed by atoms with E-state index in [1.165, 1.54) is 30.4 Å². The summed E-state index contributed by atoms with van der Waals surface area (Å²) in [6.07, 6.45) is 3.63. The summed E-state index contributed by atoms with van der Waals surface area (Å²) in [4.78, 5) is 8.74. The van der Waals surface area contributed by atoms with E-state index in [4.69, 9.17) is 5.73 Å². The fraction of sp³-hybridized carbons (Fsp3) is 0.286. The molecule has 3 nitrogen and oxygen atoms in total. The molecule has 2 aromatic rings. The Morgan fingerprint density at radius 2 is 1.88 bits per heavy atom. The van der Waals surface area contributed by atoms with Crippen LogP contribution in [0.1, 0.15) is 23.2 Å². The van der Waals surface area contributed by atoms with E-state index in [-0.39, 0.29) is 0 Å². The average molecular weight is 225 g/mol. The number of benzene rings is 1. The van der Waals surface area contributed by atoms with Crippen LogP contribution in [-0.2, 0) is 12.8 Å². The monoisotopic (exact) mass is 225 g/mol. The van der Waals surface area contributed by atoms with Crippen LogP contribution in [0.4, 0.5) is 5.82 Å². The maximum Gasteiger partial charge on any atom is 0.161 e. The highest BCUT2D eigenvalue weighted by Crippen LogP contribution is 2.26. The van der Waals surface area contributed by atoms with Crippen molar-refractivity contribution in [2.45, 2.75) is 26.2 Å². The molecule has 17 heavy (non-hydrogen) atoms. The average Bonchev–Trinajstić information content (AvgIpc) is 2.74. The number of aryl methyl sites for hydroxylation is 3. The molecule has 0 aliphatic heterocycles. The number of aromatic nitrogens is 2. The van der Waals surface area contributed by atoms with Gasteiger partial charge in [-0.2, -0.15) is 0 Å². The number of nitrogens with two attached hydrogens (primary N) is 1. The molecule has 0 spiro atoms. The lowest BCUT2D eigenvalue weighted by Gasteiger charge is -2.05. The number of anilines is 1. The summed E-state index contributed by atoms with van der Waals surface area (Å²) in [6.45, 7) is 1.94. The normalized spacial score (nSPS) is 13.7. The first-order chi connectivity index (χ1) is 8.22. The maximum absolute atomic E-state index is 5.76. The molecule has 1 heterocycles. The van der Waals surface area contributed by atoms with Crippen LogP contribution >= 0.6 is 0 Å². The van der Waals surface area contributed by atoms with Crippen molar-refractivity contribution in [2.24, 2.45) is 0 Å². The van der Waals surface area contributed by atoms with E-state index in [2.05, 4.69) is 28.2 Å². The number of nitrogen functional groups attached to an aromatic ring is 1. The molecule has 0 saturated carbocycles. The van der Waals surface area contributed by atoms with E-state index < -0.39 is 0 Å². The summed E-state index contributed by atoms with van der Waals surface area (Å²) in [7, 11) is 0. The highest BCUT2D eigenvalue weighted by atomic mass is 14.9. The van der Waals surface area contributed by atoms with Crippen molar-refractivity contribution in [2.75, 3.05) is 5.73 Å². The molecular weight excluding hydrogens is 210 g/mol. The minimum absolute atomic E-state index is 0.535. The Morgan fingerprint density at radius 1 is 1.06 bits per heavy atom. The number of hydrogen-bond acceptors (Lipinski definition) is 3. The fourth-order valence-electron chi connectivity index (χ4n) is 2.43. The van der Waals surface area contributed by atoms with E-state index in [1.54, 1.807) is 6.07 Å². The summed E-state index contributed by atoms with van der Waals surface area (Å²) in [6, 6.07) is 8.28. The van der Waals surface area contributed by atoms with Gasteiger partial charge in [0.05, 0.1) is 0 Å². The molecule has 3 rings (SSSR count). The second-order valence-electron chi connectivity index (χ2n) is 4.59. The van der Waals surface area contributed by atoms with E-state index >= 15 is 0 Å². The largest absolute Gasteiger partial charge is 0.384 e. The molecule has 3 heteroatoms. The molecule has 0 fully saturated rings. The van der Waals surface area contributed by atoms with Gasteiger partial charge in [0.2, 0.25) is 0 Å². The highest BCUT2D eigenvalue weighted by molar-refractivity contribution is 5.59. The molecule has 1 aromatic heterocycles. The molecule has 0 unspecified atom stereocenters. The van der Waals surface area contributed by atoms with Crippen molar-refractivity contribution in [1.29, 1.82) is 0 Å². The van der Waals surface area contributed by atoms with Gasteiger partial charge in [-0.3, -0.25) is 0 Å². The van der Waals surface area contributed by atoms with Crippen LogP contribution in [0, 0.1) is 6.92 Å². The molecule has 0 atom stereocenters. The number of hydrogen-bond donors (Lipinski definition) is 1. The summed E-state index contributed by atoms with van der Waals surface area (Å²) < 4.78 is 0. The highest BCUT2D eigenvalue weighted by Gasteiger charge is 2.12. The zero-order valence-corrected chi connectivity index (χ0v) is 9.90. The Labute approximate surface area is 101 Å². The minimum atomic E-state index is 0.535. The zero-order valence-electron chi connectivity index (χ0n) is 9.90. The SMILES string of the molecule is Cc1cc(N)nc(-c2ccc3c(c2)CCC3)n1. The molecule has 86 valence electrons. The van der Waals surface area contributed by atoms with Crippen LogP contribution in [0.25, 0.3) is 11.4 Å². The molecule has 2 N–H and O–H groups in total. The van der Waals surface area contributed by atoms with Crippen molar-refractivity contribution < 1.29 is 0 Å². The van der Waals surface area contributed by atoms with Crippen molar-refractivity contribution in [3.8, 4) is 11.4 Å². The molecule has 0 amide bonds. The standard InChI is InChI=1S/C14H15N3/c1-9-7-13(15)17-14(16-9)12-6-5-10-3-2-4-11(10)8-12/h5-8H,2-4H2,1H3,(H2,15,16,17). The van der Waals surface area contributed by atoms with Gasteiger partial charge >= 0.3 is 0 Å². The van der Waals surface area contributed by atoms with Crippen molar-refractivity contribution in [1.82, 2.24) is 9.97 Å². The third-order valence-electron chi connectivity index (χ3n) is 3.23. The van der Waals surface area contributed by atoms with Gasteiger partial charge in [-0.15, -0.1) is 0 Å². The first-order valence-electron chi connectivity index (χ1n) is 5.96. The first-order valence-corrected chi connectivity index (χ1v) is 5.96. The van der Waals surface area contributed by atoms with Crippen LogP contribution < -0.4 is 5.73 Å². The van der Waals surface area contributed by atoms with Gasteiger partial charge in [-0.1, -0.05) is 12.1 Å². The molecule has 0 radical (unpaired) electrons. The number of rotatable bonds is 1. The Bertz CT molecular complexity index is 555. The van der Waals surface area contributed by atoms with Gasteiger partial charge in [0.15, 0.2) is 5.82 Å². The van der Waals surface area contributed by atoms with Crippen LogP contribution in [0.15, 0.2) is 24.3 Å². The van der Waals surface area contributed by atoms with Crippen LogP contribution in [-0.4, -0.2) is 9.97 Å². The van der Waals surface area contributed by atoms with Crippen molar-refractivity contribution in [3.63, 3.8) is 0 Å². The Kier molecular flexibility index (Phi) is 2.32. The molecule has 1 aliphatic rings. The maximum atomic E-state index is 5.76. The third kappa shape index (κ3) is 1.88. The second-order valence-corrected chi connectivity index (χ2v) is 4.59. The second kappa shape index (κ2) is 3.84. The zero-order chi connectivity index (χ0) is 11.8. The van der Waals surface area contributed by atoms with Crippen LogP contribution in [0.5, 0.6) is 0 Å². The Balaban J connectivity index is 2.09. The van der Waals surface area contributed by atoms with Gasteiger partial charge in [0, 0.05) is 17.3 Å². The molecular formula is C14H15N3. The van der Waals surface area contributed by atoms with E-state index in [0.29, 0.717) is 5.82 Å². The van der Waals surface area contributed by atoms with Crippen LogP contribution in [0.3, 0.4) is 0 Å². The summed E-state index contributed by atoms with van der Waals surface area (Å²) >= 11 is 0. The van der Waals surface area contributed by atoms with Crippen molar-refractivity contribution >= 4 is 5.82 Å². The molecule has 0 bridgehead atoms. The Morgan fingerprint density at radius 3 is 2.71 bits per heavy atom. The van der Waals surface area contributed by atoms with Gasteiger partial charge in [0.25, 0.3) is 0 Å². The summed E-state index contributed by atoms with van der Waals surface area (Å²) in [5.74, 6) is 1.27. The third-order valence-corrected chi connectivity index (χ3v) is 3.23. The molecule has 1 aromatic carbocycles. The Hall–Kier alpha value is -1.90. The quantitative estimate of drug-likeness (QED) is 0.811. The predicted molar refractivity (Wildman–Crippen MR) is 68.6 cm³/mol. The van der Waals surface area contributed by atoms with Crippen LogP contribution in [0.2, 0.25) is 0 Å². The fourth-order valence-corrected chi connectivity index (χ4v) is 2.43. The molecule has 0 saturated heterocycles. The van der Waals surface area contributed by atoms with Gasteiger partial charge in [-0.25, -0.2) is 9.97 Å². The minimum Gasteiger partial charge on any atom is -0.384 e. The first kappa shape index (κ1) is 10.3. The van der Waals surface area contributed by atoms with E-state index in [9.17, 15) is 0 Å². The van der Waals surface area contributed by atoms with Gasteiger partial charge in [0.1, 0.15) is 5.82 Å². The lowest BCUT2D eigenvalue weighted by molar-refractivity contribution is 0.912. The van der Waals surface area contributed by atoms with E-state index in [0.717, 1.165) is 17.1 Å². The number of fused-ring (bicyclic) bond motifs is 1.